The molecule has 0 bridgehead atoms. The number of carboxylic acids is 1. The van der Waals surface area contributed by atoms with Crippen molar-refractivity contribution < 1.29 is 27.8 Å². The van der Waals surface area contributed by atoms with Crippen molar-refractivity contribution in [3.63, 3.8) is 0 Å². The zero-order chi connectivity index (χ0) is 20.9. The lowest BCUT2D eigenvalue weighted by Crippen LogP contribution is -2.07. The fraction of sp³-hybridized carbons (Fsp3) is 0.227. The Bertz CT molecular complexity index is 1070. The van der Waals surface area contributed by atoms with E-state index in [2.05, 4.69) is 11.8 Å². The summed E-state index contributed by atoms with van der Waals surface area (Å²) in [5, 5.41) is 9.88. The number of carboxylic acid groups (broad SMARTS) is 1. The number of carbonyl (C=O) groups is 1. The third kappa shape index (κ3) is 5.55. The van der Waals surface area contributed by atoms with E-state index < -0.39 is 17.7 Å². The Kier molecular flexibility index (Phi) is 6.13. The molecule has 0 fully saturated rings. The zero-order valence-electron chi connectivity index (χ0n) is 15.4. The summed E-state index contributed by atoms with van der Waals surface area (Å²) in [7, 11) is 0. The number of halogens is 3. The second kappa shape index (κ2) is 8.74. The number of alkyl halides is 3. The van der Waals surface area contributed by atoms with E-state index in [1.807, 2.05) is 18.2 Å². The lowest BCUT2D eigenvalue weighted by atomic mass is 10.1. The van der Waals surface area contributed by atoms with Crippen molar-refractivity contribution in [1.82, 2.24) is 4.57 Å². The summed E-state index contributed by atoms with van der Waals surface area (Å²) in [5.74, 6) is 5.29. The van der Waals surface area contributed by atoms with Crippen LogP contribution >= 0.6 is 0 Å². The Morgan fingerprint density at radius 3 is 2.72 bits per heavy atom. The average molecular weight is 401 g/mol. The quantitative estimate of drug-likeness (QED) is 0.469. The van der Waals surface area contributed by atoms with Crippen molar-refractivity contribution in [1.29, 1.82) is 0 Å². The van der Waals surface area contributed by atoms with Gasteiger partial charge < -0.3 is 14.4 Å². The van der Waals surface area contributed by atoms with E-state index in [4.69, 9.17) is 9.84 Å². The largest absolute Gasteiger partial charge is 0.493 e. The maximum Gasteiger partial charge on any atom is 0.416 e. The molecule has 3 rings (SSSR count). The molecule has 29 heavy (non-hydrogen) atoms. The highest BCUT2D eigenvalue weighted by Crippen LogP contribution is 2.29. The number of nitrogens with zero attached hydrogens (tertiary/aromatic N) is 1. The summed E-state index contributed by atoms with van der Waals surface area (Å²) in [6.07, 6.45) is -1.57. The lowest BCUT2D eigenvalue weighted by Gasteiger charge is -2.07. The van der Waals surface area contributed by atoms with Crippen LogP contribution in [0.1, 0.15) is 24.0 Å². The first-order chi connectivity index (χ1) is 13.8. The van der Waals surface area contributed by atoms with Gasteiger partial charge in [-0.2, -0.15) is 13.2 Å². The smallest absolute Gasteiger partial charge is 0.416 e. The van der Waals surface area contributed by atoms with Gasteiger partial charge in [0.1, 0.15) is 12.3 Å². The molecule has 1 heterocycles. The van der Waals surface area contributed by atoms with Crippen LogP contribution in [0.2, 0.25) is 0 Å². The van der Waals surface area contributed by atoms with Crippen molar-refractivity contribution in [3.05, 3.63) is 65.9 Å². The van der Waals surface area contributed by atoms with Crippen molar-refractivity contribution in [2.75, 3.05) is 6.61 Å². The molecule has 1 N–H and O–H groups in total. The highest BCUT2D eigenvalue weighted by atomic mass is 19.4. The molecule has 1 aromatic heterocycles. The Labute approximate surface area is 165 Å². The number of aliphatic carboxylic acids is 1. The summed E-state index contributed by atoms with van der Waals surface area (Å²) < 4.78 is 45.4. The van der Waals surface area contributed by atoms with Crippen molar-refractivity contribution in [2.45, 2.75) is 25.6 Å². The zero-order valence-corrected chi connectivity index (χ0v) is 15.4. The minimum absolute atomic E-state index is 0.127. The standard InChI is InChI=1S/C22H18F3NO3/c23-22(24,25)18-7-4-6-16(13-18)5-2-1-3-12-29-19-9-8-17-10-11-26(15-21(27)28)20(17)14-19/h4,6-11,13-14H,1,3,12,15H2,(H,27,28). The Hall–Kier alpha value is -3.40. The first-order valence-electron chi connectivity index (χ1n) is 8.92. The molecule has 0 radical (unpaired) electrons. The molecule has 0 saturated heterocycles. The molecule has 0 aliphatic carbocycles. The Balaban J connectivity index is 1.53. The summed E-state index contributed by atoms with van der Waals surface area (Å²) in [4.78, 5) is 10.9. The summed E-state index contributed by atoms with van der Waals surface area (Å²) in [6.45, 7) is 0.264. The first kappa shape index (κ1) is 20.3. The number of fused-ring (bicyclic) bond motifs is 1. The maximum absolute atomic E-state index is 12.7. The van der Waals surface area contributed by atoms with Crippen LogP contribution in [0.5, 0.6) is 5.75 Å². The highest BCUT2D eigenvalue weighted by molar-refractivity contribution is 5.83. The van der Waals surface area contributed by atoms with Gasteiger partial charge in [-0.25, -0.2) is 0 Å². The second-order valence-electron chi connectivity index (χ2n) is 6.39. The van der Waals surface area contributed by atoms with Gasteiger partial charge >= 0.3 is 12.1 Å². The molecule has 2 aromatic carbocycles. The highest BCUT2D eigenvalue weighted by Gasteiger charge is 2.30. The number of ether oxygens (including phenoxy) is 1. The maximum atomic E-state index is 12.7. The Morgan fingerprint density at radius 1 is 1.14 bits per heavy atom. The van der Waals surface area contributed by atoms with Crippen LogP contribution in [-0.2, 0) is 17.5 Å². The van der Waals surface area contributed by atoms with Crippen LogP contribution in [0.15, 0.2) is 54.7 Å². The molecule has 0 spiro atoms. The molecular weight excluding hydrogens is 383 g/mol. The van der Waals surface area contributed by atoms with Crippen LogP contribution in [0.25, 0.3) is 10.9 Å². The number of benzene rings is 2. The van der Waals surface area contributed by atoms with Gasteiger partial charge in [0.25, 0.3) is 0 Å². The molecule has 3 aromatic rings. The van der Waals surface area contributed by atoms with Gasteiger partial charge in [-0.15, -0.1) is 0 Å². The second-order valence-corrected chi connectivity index (χ2v) is 6.39. The monoisotopic (exact) mass is 401 g/mol. The predicted molar refractivity (Wildman–Crippen MR) is 103 cm³/mol. The normalized spacial score (nSPS) is 11.1. The molecular formula is C22H18F3NO3. The van der Waals surface area contributed by atoms with E-state index >= 15 is 0 Å². The lowest BCUT2D eigenvalue weighted by molar-refractivity contribution is -0.138. The molecule has 0 aliphatic heterocycles. The van der Waals surface area contributed by atoms with Crippen molar-refractivity contribution >= 4 is 16.9 Å². The topological polar surface area (TPSA) is 51.5 Å². The number of hydrogen-bond donors (Lipinski definition) is 1. The van der Waals surface area contributed by atoms with Crippen LogP contribution < -0.4 is 4.74 Å². The van der Waals surface area contributed by atoms with Gasteiger partial charge in [-0.05, 0) is 48.2 Å². The fourth-order valence-corrected chi connectivity index (χ4v) is 2.83. The van der Waals surface area contributed by atoms with E-state index in [0.717, 1.165) is 23.0 Å². The number of hydrogen-bond acceptors (Lipinski definition) is 2. The third-order valence-corrected chi connectivity index (χ3v) is 4.19. The van der Waals surface area contributed by atoms with E-state index in [0.29, 0.717) is 30.8 Å². The molecule has 0 aliphatic rings. The summed E-state index contributed by atoms with van der Waals surface area (Å²) in [6, 6.07) is 12.2. The van der Waals surface area contributed by atoms with E-state index in [-0.39, 0.29) is 6.54 Å². The molecule has 0 amide bonds. The third-order valence-electron chi connectivity index (χ3n) is 4.19. The number of unbranched alkanes of at least 4 members (excludes halogenated alkanes) is 1. The van der Waals surface area contributed by atoms with Crippen LogP contribution in [0.4, 0.5) is 13.2 Å². The van der Waals surface area contributed by atoms with Crippen LogP contribution in [0, 0.1) is 11.8 Å². The van der Waals surface area contributed by atoms with Crippen LogP contribution in [-0.4, -0.2) is 22.2 Å². The van der Waals surface area contributed by atoms with Gasteiger partial charge in [0.15, 0.2) is 0 Å². The van der Waals surface area contributed by atoms with E-state index in [1.54, 1.807) is 22.9 Å². The molecule has 150 valence electrons. The molecule has 0 atom stereocenters. The van der Waals surface area contributed by atoms with Crippen molar-refractivity contribution in [2.24, 2.45) is 0 Å². The fourth-order valence-electron chi connectivity index (χ4n) is 2.83. The number of rotatable bonds is 6. The Morgan fingerprint density at radius 2 is 1.97 bits per heavy atom. The number of aromatic nitrogens is 1. The summed E-state index contributed by atoms with van der Waals surface area (Å²) in [5.41, 5.74) is 0.385. The minimum atomic E-state index is -4.38. The summed E-state index contributed by atoms with van der Waals surface area (Å²) >= 11 is 0. The van der Waals surface area contributed by atoms with Gasteiger partial charge in [0.2, 0.25) is 0 Å². The first-order valence-corrected chi connectivity index (χ1v) is 8.92. The van der Waals surface area contributed by atoms with Gasteiger partial charge in [-0.3, -0.25) is 4.79 Å². The van der Waals surface area contributed by atoms with Crippen molar-refractivity contribution in [3.8, 4) is 17.6 Å². The molecule has 0 saturated carbocycles. The SMILES string of the molecule is O=C(O)Cn1ccc2ccc(OCCCC#Cc3cccc(C(F)(F)F)c3)cc21. The van der Waals surface area contributed by atoms with Crippen LogP contribution in [0.3, 0.4) is 0 Å². The molecule has 0 unspecified atom stereocenters. The van der Waals surface area contributed by atoms with E-state index in [1.165, 1.54) is 6.07 Å². The van der Waals surface area contributed by atoms with Gasteiger partial charge in [0.05, 0.1) is 17.7 Å². The minimum Gasteiger partial charge on any atom is -0.493 e. The van der Waals surface area contributed by atoms with Gasteiger partial charge in [-0.1, -0.05) is 17.9 Å². The van der Waals surface area contributed by atoms with Gasteiger partial charge in [0, 0.05) is 24.2 Å². The van der Waals surface area contributed by atoms with E-state index in [9.17, 15) is 18.0 Å². The predicted octanol–water partition coefficient (Wildman–Crippen LogP) is 4.96. The molecule has 7 heteroatoms. The molecule has 4 nitrogen and oxygen atoms in total. The average Bonchev–Trinajstić information content (AvgIpc) is 3.06.